The minimum Gasteiger partial charge on any atom is -0.487 e. The highest BCUT2D eigenvalue weighted by Crippen LogP contribution is 2.46. The number of aromatic nitrogens is 2. The molecule has 1 aliphatic heterocycles. The van der Waals surface area contributed by atoms with Crippen LogP contribution in [-0.4, -0.2) is 9.97 Å². The van der Waals surface area contributed by atoms with Crippen molar-refractivity contribution in [1.82, 2.24) is 9.97 Å². The summed E-state index contributed by atoms with van der Waals surface area (Å²) in [4.78, 5) is 11.4. The number of para-hydroxylation sites is 1. The fourth-order valence-corrected chi connectivity index (χ4v) is 4.26. The fourth-order valence-electron chi connectivity index (χ4n) is 4.26. The summed E-state index contributed by atoms with van der Waals surface area (Å²) in [5, 5.41) is 0. The average Bonchev–Trinajstić information content (AvgIpc) is 3.06. The molecule has 0 bridgehead atoms. The number of pyridine rings is 2. The zero-order valence-corrected chi connectivity index (χ0v) is 17.9. The maximum atomic E-state index is 6.26. The summed E-state index contributed by atoms with van der Waals surface area (Å²) in [6.07, 6.45) is 3.65. The lowest BCUT2D eigenvalue weighted by Crippen LogP contribution is -2.11. The predicted molar refractivity (Wildman–Crippen MR) is 132 cm³/mol. The van der Waals surface area contributed by atoms with Crippen LogP contribution in [0.3, 0.4) is 0 Å². The van der Waals surface area contributed by atoms with Gasteiger partial charge in [-0.3, -0.25) is 9.97 Å². The van der Waals surface area contributed by atoms with Crippen molar-refractivity contribution in [2.75, 3.05) is 4.90 Å². The topological polar surface area (TPSA) is 38.2 Å². The van der Waals surface area contributed by atoms with Crippen LogP contribution >= 0.6 is 0 Å². The van der Waals surface area contributed by atoms with Crippen molar-refractivity contribution in [2.45, 2.75) is 6.61 Å². The summed E-state index contributed by atoms with van der Waals surface area (Å²) in [6, 6.07) is 35.1. The Hall–Kier alpha value is -4.44. The lowest BCUT2D eigenvalue weighted by Gasteiger charge is -2.27. The first-order valence-corrected chi connectivity index (χ1v) is 10.9. The highest BCUT2D eigenvalue weighted by Gasteiger charge is 2.24. The first-order chi connectivity index (χ1) is 16.4. The molecule has 5 aromatic rings. The van der Waals surface area contributed by atoms with E-state index in [0.29, 0.717) is 6.61 Å². The van der Waals surface area contributed by atoms with E-state index in [-0.39, 0.29) is 0 Å². The molecule has 3 heterocycles. The second-order valence-corrected chi connectivity index (χ2v) is 7.92. The van der Waals surface area contributed by atoms with E-state index in [1.54, 1.807) is 0 Å². The first kappa shape index (κ1) is 19.3. The van der Waals surface area contributed by atoms with Gasteiger partial charge in [0.1, 0.15) is 12.4 Å². The molecule has 4 heteroatoms. The van der Waals surface area contributed by atoms with Gasteiger partial charge in [0.15, 0.2) is 0 Å². The molecule has 4 nitrogen and oxygen atoms in total. The third-order valence-corrected chi connectivity index (χ3v) is 5.84. The maximum Gasteiger partial charge on any atom is 0.143 e. The molecule has 33 heavy (non-hydrogen) atoms. The van der Waals surface area contributed by atoms with Gasteiger partial charge in [0.05, 0.1) is 22.8 Å². The summed E-state index contributed by atoms with van der Waals surface area (Å²) in [5.74, 6) is 0.842. The minimum absolute atomic E-state index is 0.516. The van der Waals surface area contributed by atoms with E-state index in [4.69, 9.17) is 4.74 Å². The van der Waals surface area contributed by atoms with E-state index in [0.717, 1.165) is 50.9 Å². The smallest absolute Gasteiger partial charge is 0.143 e. The number of anilines is 3. The van der Waals surface area contributed by atoms with Crippen LogP contribution in [0.1, 0.15) is 5.56 Å². The van der Waals surface area contributed by atoms with Gasteiger partial charge in [-0.15, -0.1) is 0 Å². The van der Waals surface area contributed by atoms with Gasteiger partial charge in [-0.25, -0.2) is 0 Å². The lowest BCUT2D eigenvalue weighted by molar-refractivity contribution is 0.310. The predicted octanol–water partition coefficient (Wildman–Crippen LogP) is 7.17. The number of nitrogens with zero attached hydrogens (tertiary/aromatic N) is 3. The molecule has 3 aromatic carbocycles. The Morgan fingerprint density at radius 1 is 0.606 bits per heavy atom. The molecule has 1 aliphatic rings. The largest absolute Gasteiger partial charge is 0.487 e. The van der Waals surface area contributed by atoms with Crippen molar-refractivity contribution in [2.24, 2.45) is 0 Å². The number of hydrogen-bond donors (Lipinski definition) is 0. The monoisotopic (exact) mass is 427 g/mol. The van der Waals surface area contributed by atoms with Crippen molar-refractivity contribution < 1.29 is 4.74 Å². The molecule has 0 N–H and O–H groups in total. The molecule has 0 saturated carbocycles. The second kappa shape index (κ2) is 8.24. The molecule has 0 unspecified atom stereocenters. The molecule has 0 saturated heterocycles. The molecule has 0 aliphatic carbocycles. The number of hydrogen-bond acceptors (Lipinski definition) is 4. The molecular weight excluding hydrogens is 406 g/mol. The average molecular weight is 428 g/mol. The molecular formula is C29H21N3O. The standard InChI is InChI=1S/C29H21N3O/c1-2-13-27-23(8-1)20-33-29-15-14-22(26-12-4-6-17-31-26)19-28(29)32(27)24-10-7-9-21(18-24)25-11-3-5-16-30-25/h1-19H,20H2. The van der Waals surface area contributed by atoms with Gasteiger partial charge in [0.2, 0.25) is 0 Å². The summed E-state index contributed by atoms with van der Waals surface area (Å²) < 4.78 is 6.26. The number of benzene rings is 3. The Morgan fingerprint density at radius 3 is 2.09 bits per heavy atom. The molecule has 0 spiro atoms. The fraction of sp³-hybridized carbons (Fsp3) is 0.0345. The van der Waals surface area contributed by atoms with Crippen LogP contribution in [0.25, 0.3) is 22.5 Å². The van der Waals surface area contributed by atoms with Crippen LogP contribution < -0.4 is 9.64 Å². The SMILES string of the molecule is c1ccc(-c2cccc(N3c4ccccc4COc4ccc(-c5ccccn5)cc43)c2)nc1. The van der Waals surface area contributed by atoms with E-state index in [1.807, 2.05) is 54.9 Å². The molecule has 6 rings (SSSR count). The van der Waals surface area contributed by atoms with E-state index in [9.17, 15) is 0 Å². The molecule has 0 fully saturated rings. The zero-order valence-electron chi connectivity index (χ0n) is 17.9. The zero-order chi connectivity index (χ0) is 22.0. The van der Waals surface area contributed by atoms with E-state index < -0.39 is 0 Å². The van der Waals surface area contributed by atoms with Gasteiger partial charge in [0, 0.05) is 34.8 Å². The van der Waals surface area contributed by atoms with Gasteiger partial charge in [-0.05, 0) is 60.7 Å². The van der Waals surface area contributed by atoms with Crippen molar-refractivity contribution in [1.29, 1.82) is 0 Å². The summed E-state index contributed by atoms with van der Waals surface area (Å²) in [5.41, 5.74) is 8.27. The third kappa shape index (κ3) is 3.62. The highest BCUT2D eigenvalue weighted by atomic mass is 16.5. The van der Waals surface area contributed by atoms with Crippen molar-refractivity contribution in [3.05, 3.63) is 121 Å². The van der Waals surface area contributed by atoms with E-state index >= 15 is 0 Å². The Kier molecular flexibility index (Phi) is 4.81. The van der Waals surface area contributed by atoms with Crippen LogP contribution in [0.15, 0.2) is 116 Å². The molecule has 0 radical (unpaired) electrons. The quantitative estimate of drug-likeness (QED) is 0.306. The van der Waals surface area contributed by atoms with Gasteiger partial charge in [-0.2, -0.15) is 0 Å². The molecule has 2 aromatic heterocycles. The van der Waals surface area contributed by atoms with Crippen molar-refractivity contribution in [3.8, 4) is 28.3 Å². The van der Waals surface area contributed by atoms with Crippen LogP contribution in [0.5, 0.6) is 5.75 Å². The van der Waals surface area contributed by atoms with E-state index in [2.05, 4.69) is 75.5 Å². The van der Waals surface area contributed by atoms with Crippen molar-refractivity contribution >= 4 is 17.1 Å². The number of fused-ring (bicyclic) bond motifs is 2. The van der Waals surface area contributed by atoms with Gasteiger partial charge in [-0.1, -0.05) is 42.5 Å². The number of ether oxygens (including phenoxy) is 1. The van der Waals surface area contributed by atoms with Crippen LogP contribution in [0, 0.1) is 0 Å². The normalized spacial score (nSPS) is 12.3. The summed E-state index contributed by atoms with van der Waals surface area (Å²) in [6.45, 7) is 0.516. The first-order valence-electron chi connectivity index (χ1n) is 10.9. The summed E-state index contributed by atoms with van der Waals surface area (Å²) >= 11 is 0. The Balaban J connectivity index is 1.56. The van der Waals surface area contributed by atoms with Crippen molar-refractivity contribution in [3.63, 3.8) is 0 Å². The molecule has 158 valence electrons. The lowest BCUT2D eigenvalue weighted by atomic mass is 10.1. The van der Waals surface area contributed by atoms with Gasteiger partial charge < -0.3 is 9.64 Å². The Bertz CT molecular complexity index is 1420. The minimum atomic E-state index is 0.516. The third-order valence-electron chi connectivity index (χ3n) is 5.84. The summed E-state index contributed by atoms with van der Waals surface area (Å²) in [7, 11) is 0. The second-order valence-electron chi connectivity index (χ2n) is 7.92. The molecule has 0 amide bonds. The molecule has 0 atom stereocenters. The Labute approximate surface area is 192 Å². The van der Waals surface area contributed by atoms with Crippen LogP contribution in [0.2, 0.25) is 0 Å². The van der Waals surface area contributed by atoms with Gasteiger partial charge >= 0.3 is 0 Å². The van der Waals surface area contributed by atoms with E-state index in [1.165, 1.54) is 0 Å². The number of rotatable bonds is 3. The van der Waals surface area contributed by atoms with Gasteiger partial charge in [0.25, 0.3) is 0 Å². The maximum absolute atomic E-state index is 6.26. The Morgan fingerprint density at radius 2 is 1.33 bits per heavy atom. The van der Waals surface area contributed by atoms with Crippen LogP contribution in [0.4, 0.5) is 17.1 Å². The highest BCUT2D eigenvalue weighted by molar-refractivity contribution is 5.86. The van der Waals surface area contributed by atoms with Crippen LogP contribution in [-0.2, 0) is 6.61 Å².